The molecule has 0 aliphatic heterocycles. The normalized spacial score (nSPS) is 13.2. The Morgan fingerprint density at radius 3 is 2.25 bits per heavy atom. The number of aliphatic hydroxyl groups excluding tert-OH is 1. The first-order valence-corrected chi connectivity index (χ1v) is 4.50. The number of hydrogen-bond donors (Lipinski definition) is 1. The summed E-state index contributed by atoms with van der Waals surface area (Å²) in [5.74, 6) is -0.332. The van der Waals surface area contributed by atoms with Crippen LogP contribution in [0.2, 0.25) is 5.02 Å². The van der Waals surface area contributed by atoms with Gasteiger partial charge < -0.3 is 9.84 Å². The van der Waals surface area contributed by atoms with E-state index < -0.39 is 19.1 Å². The molecule has 1 rings (SSSR count). The van der Waals surface area contributed by atoms with E-state index in [0.717, 1.165) is 18.2 Å². The highest BCUT2D eigenvalue weighted by Gasteiger charge is 2.20. The van der Waals surface area contributed by atoms with Crippen LogP contribution in [0.3, 0.4) is 0 Å². The van der Waals surface area contributed by atoms with Crippen molar-refractivity contribution in [2.24, 2.45) is 0 Å². The van der Waals surface area contributed by atoms with E-state index in [1.54, 1.807) is 0 Å². The lowest BCUT2D eigenvalue weighted by atomic mass is 10.1. The molecule has 0 heterocycles. The lowest BCUT2D eigenvalue weighted by Gasteiger charge is -2.12. The number of alkyl halides is 4. The van der Waals surface area contributed by atoms with Crippen LogP contribution in [0.15, 0.2) is 18.2 Å². The second-order valence-corrected chi connectivity index (χ2v) is 3.25. The zero-order chi connectivity index (χ0) is 12.3. The van der Waals surface area contributed by atoms with Crippen molar-refractivity contribution in [2.75, 3.05) is 0 Å². The van der Waals surface area contributed by atoms with Gasteiger partial charge in [-0.3, -0.25) is 0 Å². The number of benzene rings is 1. The van der Waals surface area contributed by atoms with Crippen LogP contribution in [-0.4, -0.2) is 18.1 Å². The first kappa shape index (κ1) is 13.1. The van der Waals surface area contributed by atoms with Gasteiger partial charge in [0.2, 0.25) is 0 Å². The van der Waals surface area contributed by atoms with E-state index in [1.165, 1.54) is 0 Å². The van der Waals surface area contributed by atoms with Crippen molar-refractivity contribution in [3.63, 3.8) is 0 Å². The van der Waals surface area contributed by atoms with Gasteiger partial charge in [-0.25, -0.2) is 8.78 Å². The molecule has 1 N–H and O–H groups in total. The second kappa shape index (κ2) is 5.36. The molecule has 1 aromatic rings. The Morgan fingerprint density at radius 1 is 1.19 bits per heavy atom. The van der Waals surface area contributed by atoms with Gasteiger partial charge in [-0.1, -0.05) is 17.7 Å². The van der Waals surface area contributed by atoms with E-state index >= 15 is 0 Å². The van der Waals surface area contributed by atoms with Crippen molar-refractivity contribution in [3.8, 4) is 5.75 Å². The molecule has 0 radical (unpaired) electrons. The molecule has 0 aliphatic carbocycles. The lowest BCUT2D eigenvalue weighted by Crippen LogP contribution is -2.08. The molecule has 0 spiro atoms. The summed E-state index contributed by atoms with van der Waals surface area (Å²) in [5, 5.41) is 8.73. The molecule has 0 saturated carbocycles. The molecule has 1 atom stereocenters. The monoisotopic (exact) mass is 258 g/mol. The van der Waals surface area contributed by atoms with Gasteiger partial charge in [0.25, 0.3) is 6.43 Å². The summed E-state index contributed by atoms with van der Waals surface area (Å²) in [4.78, 5) is 0. The zero-order valence-electron chi connectivity index (χ0n) is 7.71. The van der Waals surface area contributed by atoms with Crippen LogP contribution in [0.25, 0.3) is 0 Å². The van der Waals surface area contributed by atoms with E-state index in [-0.39, 0.29) is 16.3 Å². The highest BCUT2D eigenvalue weighted by atomic mass is 35.5. The molecule has 7 heteroatoms. The van der Waals surface area contributed by atoms with Crippen LogP contribution in [0, 0.1) is 0 Å². The van der Waals surface area contributed by atoms with Crippen LogP contribution >= 0.6 is 11.6 Å². The highest BCUT2D eigenvalue weighted by molar-refractivity contribution is 6.32. The van der Waals surface area contributed by atoms with Crippen molar-refractivity contribution in [1.82, 2.24) is 0 Å². The highest BCUT2D eigenvalue weighted by Crippen LogP contribution is 2.30. The average molecular weight is 259 g/mol. The first-order chi connectivity index (χ1) is 7.41. The average Bonchev–Trinajstić information content (AvgIpc) is 2.19. The van der Waals surface area contributed by atoms with E-state index in [9.17, 15) is 17.6 Å². The smallest absolute Gasteiger partial charge is 0.387 e. The summed E-state index contributed by atoms with van der Waals surface area (Å²) in [5.41, 5.74) is -0.165. The predicted octanol–water partition coefficient (Wildman–Crippen LogP) is 3.24. The first-order valence-electron chi connectivity index (χ1n) is 4.12. The Kier molecular flexibility index (Phi) is 4.37. The van der Waals surface area contributed by atoms with Crippen molar-refractivity contribution < 1.29 is 27.4 Å². The van der Waals surface area contributed by atoms with Gasteiger partial charge in [0, 0.05) is 0 Å². The van der Waals surface area contributed by atoms with Crippen LogP contribution < -0.4 is 4.74 Å². The van der Waals surface area contributed by atoms with Crippen molar-refractivity contribution in [2.45, 2.75) is 19.1 Å². The van der Waals surface area contributed by atoms with Gasteiger partial charge in [0.05, 0.1) is 5.02 Å². The van der Waals surface area contributed by atoms with Gasteiger partial charge in [-0.05, 0) is 17.7 Å². The minimum atomic E-state index is -3.05. The second-order valence-electron chi connectivity index (χ2n) is 2.85. The number of aliphatic hydroxyl groups is 1. The Hall–Kier alpha value is -1.01. The van der Waals surface area contributed by atoms with Crippen molar-refractivity contribution in [3.05, 3.63) is 28.8 Å². The third kappa shape index (κ3) is 3.24. The van der Waals surface area contributed by atoms with Crippen LogP contribution in [0.5, 0.6) is 5.75 Å². The maximum absolute atomic E-state index is 12.1. The lowest BCUT2D eigenvalue weighted by molar-refractivity contribution is -0.0499. The Bertz CT molecular complexity index is 359. The van der Waals surface area contributed by atoms with Crippen LogP contribution in [0.4, 0.5) is 17.6 Å². The minimum Gasteiger partial charge on any atom is -0.433 e. The Morgan fingerprint density at radius 2 is 1.81 bits per heavy atom. The van der Waals surface area contributed by atoms with E-state index in [0.29, 0.717) is 0 Å². The van der Waals surface area contributed by atoms with Crippen LogP contribution in [0.1, 0.15) is 11.7 Å². The quantitative estimate of drug-likeness (QED) is 0.840. The molecule has 0 saturated heterocycles. The number of ether oxygens (including phenoxy) is 1. The third-order valence-electron chi connectivity index (χ3n) is 1.75. The molecule has 16 heavy (non-hydrogen) atoms. The summed E-state index contributed by atoms with van der Waals surface area (Å²) in [6, 6.07) is 2.99. The van der Waals surface area contributed by atoms with Crippen LogP contribution in [-0.2, 0) is 0 Å². The van der Waals surface area contributed by atoms with E-state index in [1.807, 2.05) is 0 Å². The maximum Gasteiger partial charge on any atom is 0.387 e. The summed E-state index contributed by atoms with van der Waals surface area (Å²) in [6.07, 6.45) is -4.98. The van der Waals surface area contributed by atoms with Gasteiger partial charge >= 0.3 is 6.61 Å². The number of halogens is 5. The van der Waals surface area contributed by atoms with Gasteiger partial charge in [0.1, 0.15) is 11.9 Å². The SMILES string of the molecule is OC(c1ccc(OC(F)F)c(Cl)c1)C(F)F. The topological polar surface area (TPSA) is 29.5 Å². The molecule has 1 unspecified atom stereocenters. The fourth-order valence-corrected chi connectivity index (χ4v) is 1.27. The molecule has 2 nitrogen and oxygen atoms in total. The molecule has 0 aromatic heterocycles. The van der Waals surface area contributed by atoms with Gasteiger partial charge in [0.15, 0.2) is 0 Å². The number of hydrogen-bond acceptors (Lipinski definition) is 2. The largest absolute Gasteiger partial charge is 0.433 e. The molecule has 0 aliphatic rings. The molecule has 0 amide bonds. The Balaban J connectivity index is 2.90. The minimum absolute atomic E-state index is 0.165. The molecular weight excluding hydrogens is 252 g/mol. The molecular formula is C9H7ClF4O2. The third-order valence-corrected chi connectivity index (χ3v) is 2.05. The van der Waals surface area contributed by atoms with Crippen molar-refractivity contribution >= 4 is 11.6 Å². The zero-order valence-corrected chi connectivity index (χ0v) is 8.47. The molecule has 1 aromatic carbocycles. The Labute approximate surface area is 93.4 Å². The molecule has 0 bridgehead atoms. The molecule has 90 valence electrons. The van der Waals surface area contributed by atoms with E-state index in [2.05, 4.69) is 4.74 Å². The fraction of sp³-hybridized carbons (Fsp3) is 0.333. The summed E-state index contributed by atoms with van der Waals surface area (Å²) in [7, 11) is 0. The van der Waals surface area contributed by atoms with E-state index in [4.69, 9.17) is 16.7 Å². The summed E-state index contributed by atoms with van der Waals surface area (Å²) in [6.45, 7) is -3.05. The maximum atomic E-state index is 12.1. The predicted molar refractivity (Wildman–Crippen MR) is 49.0 cm³/mol. The van der Waals surface area contributed by atoms with Gasteiger partial charge in [-0.15, -0.1) is 0 Å². The fourth-order valence-electron chi connectivity index (χ4n) is 1.04. The van der Waals surface area contributed by atoms with Crippen molar-refractivity contribution in [1.29, 1.82) is 0 Å². The molecule has 0 fully saturated rings. The summed E-state index contributed by atoms with van der Waals surface area (Å²) < 4.78 is 51.9. The van der Waals surface area contributed by atoms with Gasteiger partial charge in [-0.2, -0.15) is 8.78 Å². The number of rotatable bonds is 4. The standard InChI is InChI=1S/C9H7ClF4O2/c10-5-3-4(7(15)8(11)12)1-2-6(5)16-9(13)14/h1-3,7-9,15H. The summed E-state index contributed by atoms with van der Waals surface area (Å²) >= 11 is 5.51.